The Morgan fingerprint density at radius 3 is 1.55 bits per heavy atom. The van der Waals surface area contributed by atoms with Crippen LogP contribution in [0.1, 0.15) is 54.9 Å². The molecule has 0 aromatic heterocycles. The molecule has 0 aromatic carbocycles. The van der Waals surface area contributed by atoms with Crippen LogP contribution in [0.4, 0.5) is 0 Å². The molecular formula is C16H38O2Si2. The van der Waals surface area contributed by atoms with E-state index >= 15 is 0 Å². The van der Waals surface area contributed by atoms with Crippen molar-refractivity contribution < 1.29 is 8.85 Å². The Labute approximate surface area is 129 Å². The van der Waals surface area contributed by atoms with E-state index in [0.717, 1.165) is 13.0 Å². The molecule has 0 heterocycles. The lowest BCUT2D eigenvalue weighted by Gasteiger charge is -2.39. The first-order valence-corrected chi connectivity index (χ1v) is 13.7. The van der Waals surface area contributed by atoms with E-state index in [1.165, 1.54) is 0 Å². The molecule has 0 rings (SSSR count). The van der Waals surface area contributed by atoms with Gasteiger partial charge in [-0.1, -0.05) is 41.5 Å². The van der Waals surface area contributed by atoms with E-state index in [0.29, 0.717) is 6.10 Å². The minimum Gasteiger partial charge on any atom is -0.417 e. The molecule has 20 heavy (non-hydrogen) atoms. The van der Waals surface area contributed by atoms with E-state index in [-0.39, 0.29) is 10.1 Å². The lowest BCUT2D eigenvalue weighted by atomic mass is 10.2. The molecule has 0 aliphatic heterocycles. The van der Waals surface area contributed by atoms with Gasteiger partial charge in [-0.15, -0.1) is 0 Å². The minimum atomic E-state index is -1.64. The van der Waals surface area contributed by atoms with Crippen LogP contribution in [-0.4, -0.2) is 29.3 Å². The van der Waals surface area contributed by atoms with Crippen LogP contribution in [0.25, 0.3) is 0 Å². The fraction of sp³-hybridized carbons (Fsp3) is 1.00. The Bertz CT molecular complexity index is 299. The summed E-state index contributed by atoms with van der Waals surface area (Å²) < 4.78 is 12.6. The summed E-state index contributed by atoms with van der Waals surface area (Å²) in [5, 5.41) is 0.568. The highest BCUT2D eigenvalue weighted by Crippen LogP contribution is 2.38. The summed E-state index contributed by atoms with van der Waals surface area (Å²) >= 11 is 0. The fourth-order valence-electron chi connectivity index (χ4n) is 1.44. The molecule has 1 atom stereocenters. The number of hydrogen-bond acceptors (Lipinski definition) is 2. The molecule has 0 saturated carbocycles. The van der Waals surface area contributed by atoms with Gasteiger partial charge in [0.05, 0.1) is 0 Å². The topological polar surface area (TPSA) is 18.5 Å². The maximum absolute atomic E-state index is 6.38. The summed E-state index contributed by atoms with van der Waals surface area (Å²) in [6.45, 7) is 26.0. The van der Waals surface area contributed by atoms with E-state index in [2.05, 4.69) is 74.7 Å². The quantitative estimate of drug-likeness (QED) is 0.575. The van der Waals surface area contributed by atoms with Crippen molar-refractivity contribution in [3.05, 3.63) is 0 Å². The van der Waals surface area contributed by atoms with E-state index in [1.807, 2.05) is 0 Å². The van der Waals surface area contributed by atoms with Crippen LogP contribution in [0.2, 0.25) is 36.3 Å². The predicted molar refractivity (Wildman–Crippen MR) is 95.5 cm³/mol. The van der Waals surface area contributed by atoms with Gasteiger partial charge in [0, 0.05) is 12.7 Å². The SMILES string of the molecule is CC(CCO[Si](C)(C)C(C)(C)C)O[Si](C)(C)C(C)(C)C. The van der Waals surface area contributed by atoms with Crippen LogP contribution in [0, 0.1) is 0 Å². The van der Waals surface area contributed by atoms with Gasteiger partial charge < -0.3 is 8.85 Å². The van der Waals surface area contributed by atoms with Gasteiger partial charge in [-0.2, -0.15) is 0 Å². The average Bonchev–Trinajstić information content (AvgIpc) is 2.12. The van der Waals surface area contributed by atoms with Gasteiger partial charge in [0.1, 0.15) is 0 Å². The molecular weight excluding hydrogens is 280 g/mol. The van der Waals surface area contributed by atoms with Crippen molar-refractivity contribution in [2.75, 3.05) is 6.61 Å². The maximum atomic E-state index is 6.38. The highest BCUT2D eigenvalue weighted by Gasteiger charge is 2.39. The van der Waals surface area contributed by atoms with E-state index in [1.54, 1.807) is 0 Å². The summed E-state index contributed by atoms with van der Waals surface area (Å²) in [6, 6.07) is 0. The van der Waals surface area contributed by atoms with Crippen molar-refractivity contribution in [3.8, 4) is 0 Å². The van der Waals surface area contributed by atoms with E-state index in [4.69, 9.17) is 8.85 Å². The second-order valence-corrected chi connectivity index (χ2v) is 18.7. The van der Waals surface area contributed by atoms with Gasteiger partial charge in [-0.3, -0.25) is 0 Å². The van der Waals surface area contributed by atoms with Gasteiger partial charge >= 0.3 is 0 Å². The third-order valence-corrected chi connectivity index (χ3v) is 14.2. The summed E-state index contributed by atoms with van der Waals surface area (Å²) in [5.74, 6) is 0. The molecule has 0 radical (unpaired) electrons. The van der Waals surface area contributed by atoms with Crippen molar-refractivity contribution in [1.82, 2.24) is 0 Å². The molecule has 0 aromatic rings. The van der Waals surface area contributed by atoms with Gasteiger partial charge in [-0.25, -0.2) is 0 Å². The molecule has 0 aliphatic rings. The van der Waals surface area contributed by atoms with Gasteiger partial charge in [-0.05, 0) is 49.6 Å². The van der Waals surface area contributed by atoms with Crippen molar-refractivity contribution in [2.45, 2.75) is 97.3 Å². The standard InChI is InChI=1S/C16H38O2Si2/c1-14(18-20(10,11)16(5,6)7)12-13-17-19(8,9)15(2,3)4/h14H,12-13H2,1-11H3. The second-order valence-electron chi connectivity index (χ2n) is 9.09. The van der Waals surface area contributed by atoms with Crippen LogP contribution in [0.15, 0.2) is 0 Å². The number of hydrogen-bond donors (Lipinski definition) is 0. The average molecular weight is 319 g/mol. The molecule has 0 aliphatic carbocycles. The van der Waals surface area contributed by atoms with Crippen LogP contribution < -0.4 is 0 Å². The first-order chi connectivity index (χ1) is 8.60. The highest BCUT2D eigenvalue weighted by molar-refractivity contribution is 6.74. The third-order valence-electron chi connectivity index (χ3n) is 5.10. The first-order valence-electron chi connectivity index (χ1n) is 7.92. The summed E-state index contributed by atoms with van der Waals surface area (Å²) in [7, 11) is -3.26. The van der Waals surface area contributed by atoms with Crippen molar-refractivity contribution in [2.24, 2.45) is 0 Å². The maximum Gasteiger partial charge on any atom is 0.192 e. The molecule has 0 bridgehead atoms. The first kappa shape index (κ1) is 20.4. The molecule has 1 unspecified atom stereocenters. The molecule has 0 N–H and O–H groups in total. The van der Waals surface area contributed by atoms with Crippen molar-refractivity contribution in [1.29, 1.82) is 0 Å². The number of rotatable bonds is 6. The lowest BCUT2D eigenvalue weighted by molar-refractivity contribution is 0.156. The zero-order chi connectivity index (χ0) is 16.4. The molecule has 4 heteroatoms. The van der Waals surface area contributed by atoms with Crippen LogP contribution in [0.5, 0.6) is 0 Å². The predicted octanol–water partition coefficient (Wildman–Crippen LogP) is 5.81. The normalized spacial score (nSPS) is 16.4. The summed E-state index contributed by atoms with van der Waals surface area (Å²) in [5.41, 5.74) is 0. The largest absolute Gasteiger partial charge is 0.417 e. The van der Waals surface area contributed by atoms with Crippen molar-refractivity contribution >= 4 is 16.6 Å². The minimum absolute atomic E-state index is 0.279. The molecule has 0 amide bonds. The van der Waals surface area contributed by atoms with E-state index < -0.39 is 16.6 Å². The van der Waals surface area contributed by atoms with Crippen LogP contribution in [0.3, 0.4) is 0 Å². The Morgan fingerprint density at radius 1 is 0.800 bits per heavy atom. The molecule has 0 spiro atoms. The third kappa shape index (κ3) is 6.00. The highest BCUT2D eigenvalue weighted by atomic mass is 28.4. The van der Waals surface area contributed by atoms with Crippen LogP contribution >= 0.6 is 0 Å². The monoisotopic (exact) mass is 318 g/mol. The molecule has 122 valence electrons. The Kier molecular flexibility index (Phi) is 6.75. The Morgan fingerprint density at radius 2 is 1.20 bits per heavy atom. The molecule has 0 saturated heterocycles. The van der Waals surface area contributed by atoms with Crippen molar-refractivity contribution in [3.63, 3.8) is 0 Å². The van der Waals surface area contributed by atoms with E-state index in [9.17, 15) is 0 Å². The summed E-state index contributed by atoms with van der Waals surface area (Å²) in [6.07, 6.45) is 1.29. The Balaban J connectivity index is 4.30. The lowest BCUT2D eigenvalue weighted by Crippen LogP contribution is -2.44. The van der Waals surface area contributed by atoms with Crippen LogP contribution in [-0.2, 0) is 8.85 Å². The molecule has 2 nitrogen and oxygen atoms in total. The molecule has 0 fully saturated rings. The zero-order valence-corrected chi connectivity index (χ0v) is 17.8. The summed E-state index contributed by atoms with van der Waals surface area (Å²) in [4.78, 5) is 0. The smallest absolute Gasteiger partial charge is 0.192 e. The fourth-order valence-corrected chi connectivity index (χ4v) is 3.97. The van der Waals surface area contributed by atoms with Gasteiger partial charge in [0.15, 0.2) is 16.6 Å². The zero-order valence-electron chi connectivity index (χ0n) is 15.8. The second kappa shape index (κ2) is 6.63. The van der Waals surface area contributed by atoms with Gasteiger partial charge in [0.25, 0.3) is 0 Å². The van der Waals surface area contributed by atoms with Gasteiger partial charge in [0.2, 0.25) is 0 Å². The Hall–Kier alpha value is 0.354.